The molecule has 2 heterocycles. The van der Waals surface area contributed by atoms with Crippen molar-refractivity contribution < 1.29 is 9.47 Å². The van der Waals surface area contributed by atoms with E-state index < -0.39 is 28.6 Å². The van der Waals surface area contributed by atoms with Crippen LogP contribution in [0.5, 0.6) is 0 Å². The molecule has 2 bridgehead atoms. The monoisotopic (exact) mass is 375 g/mol. The van der Waals surface area contributed by atoms with Crippen LogP contribution in [-0.2, 0) is 9.47 Å². The molecule has 0 amide bonds. The maximum atomic E-state index is 10.2. The lowest BCUT2D eigenvalue weighted by atomic mass is 9.51. The molecule has 2 saturated heterocycles. The summed E-state index contributed by atoms with van der Waals surface area (Å²) in [5.74, 6) is -1.92. The normalized spacial score (nSPS) is 34.9. The number of benzene rings is 1. The largest absolute Gasteiger partial charge is 0.447 e. The van der Waals surface area contributed by atoms with Gasteiger partial charge in [-0.2, -0.15) is 15.8 Å². The number of nitrogens with zero attached hydrogens (tertiary/aromatic N) is 4. The average Bonchev–Trinajstić information content (AvgIpc) is 2.92. The van der Waals surface area contributed by atoms with Gasteiger partial charge in [0.2, 0.25) is 17.1 Å². The Kier molecular flexibility index (Phi) is 3.89. The molecule has 0 unspecified atom stereocenters. The van der Waals surface area contributed by atoms with Crippen LogP contribution in [0.4, 0.5) is 5.69 Å². The van der Waals surface area contributed by atoms with Gasteiger partial charge in [0.05, 0.1) is 24.1 Å². The van der Waals surface area contributed by atoms with Gasteiger partial charge in [0.15, 0.2) is 5.41 Å². The summed E-state index contributed by atoms with van der Waals surface area (Å²) >= 11 is 0. The lowest BCUT2D eigenvalue weighted by molar-refractivity contribution is -0.294. The number of ether oxygens (including phenoxy) is 2. The van der Waals surface area contributed by atoms with Gasteiger partial charge in [-0.25, -0.2) is 0 Å². The molecular formula is C21H21N5O2. The van der Waals surface area contributed by atoms with Crippen molar-refractivity contribution in [3.8, 4) is 18.2 Å². The van der Waals surface area contributed by atoms with Crippen molar-refractivity contribution in [1.29, 1.82) is 21.2 Å². The Balaban J connectivity index is 1.93. The minimum Gasteiger partial charge on any atom is -0.447 e. The van der Waals surface area contributed by atoms with Crippen LogP contribution in [0.3, 0.4) is 0 Å². The van der Waals surface area contributed by atoms with Crippen LogP contribution < -0.4 is 4.90 Å². The predicted octanol–water partition coefficient (Wildman–Crippen LogP) is 3.26. The number of hydrogen-bond donors (Lipinski definition) is 1. The van der Waals surface area contributed by atoms with Crippen molar-refractivity contribution in [1.82, 2.24) is 0 Å². The summed E-state index contributed by atoms with van der Waals surface area (Å²) in [5, 5.41) is 39.1. The van der Waals surface area contributed by atoms with Gasteiger partial charge >= 0.3 is 0 Å². The standard InChI is InChI=1S/C21H21N5O2/c1-26(2)15-8-6-14(7-9-15)17-19(11-22,12-23)20(13-24)16-5-3-4-10-21(16,27-17)28-18(20)25/h6-9,16-17,25H,3-5,10H2,1-2H3/t16-,17-,20-,21+/m0/s1. The Morgan fingerprint density at radius 3 is 2.32 bits per heavy atom. The molecule has 142 valence electrons. The van der Waals surface area contributed by atoms with Crippen LogP contribution in [0.1, 0.15) is 37.4 Å². The molecule has 4 atom stereocenters. The maximum Gasteiger partial charge on any atom is 0.217 e. The van der Waals surface area contributed by atoms with Crippen LogP contribution in [0, 0.1) is 56.2 Å². The molecule has 0 spiro atoms. The second kappa shape index (κ2) is 5.96. The number of hydrogen-bond acceptors (Lipinski definition) is 7. The van der Waals surface area contributed by atoms with E-state index in [1.807, 2.05) is 43.3 Å². The minimum atomic E-state index is -1.86. The maximum absolute atomic E-state index is 10.2. The average molecular weight is 375 g/mol. The summed E-state index contributed by atoms with van der Waals surface area (Å²) in [6.07, 6.45) is 1.86. The summed E-state index contributed by atoms with van der Waals surface area (Å²) in [6, 6.07) is 13.8. The van der Waals surface area contributed by atoms with Crippen molar-refractivity contribution in [2.24, 2.45) is 16.7 Å². The Morgan fingerprint density at radius 2 is 1.75 bits per heavy atom. The zero-order valence-corrected chi connectivity index (χ0v) is 15.9. The van der Waals surface area contributed by atoms with E-state index in [-0.39, 0.29) is 5.90 Å². The van der Waals surface area contributed by atoms with Gasteiger partial charge in [0.25, 0.3) is 0 Å². The Bertz CT molecular complexity index is 937. The van der Waals surface area contributed by atoms with Crippen LogP contribution in [0.15, 0.2) is 24.3 Å². The lowest BCUT2D eigenvalue weighted by Crippen LogP contribution is -2.60. The highest BCUT2D eigenvalue weighted by atomic mass is 16.7. The molecule has 1 saturated carbocycles. The highest BCUT2D eigenvalue weighted by Gasteiger charge is 2.80. The number of anilines is 1. The Hall–Kier alpha value is -3.08. The van der Waals surface area contributed by atoms with E-state index in [9.17, 15) is 15.8 Å². The van der Waals surface area contributed by atoms with Crippen molar-refractivity contribution in [3.63, 3.8) is 0 Å². The fourth-order valence-corrected chi connectivity index (χ4v) is 5.11. The zero-order chi connectivity index (χ0) is 20.2. The summed E-state index contributed by atoms with van der Waals surface area (Å²) in [7, 11) is 3.85. The summed E-state index contributed by atoms with van der Waals surface area (Å²) in [5.41, 5.74) is -1.90. The SMILES string of the molecule is CN(C)c1ccc([C@@H]2O[C@@]34CCCC[C@H]3[C@@](C#N)(C(=N)O4)C2(C#N)C#N)cc1. The molecule has 2 aliphatic heterocycles. The van der Waals surface area contributed by atoms with Gasteiger partial charge < -0.3 is 14.4 Å². The highest BCUT2D eigenvalue weighted by molar-refractivity contribution is 5.89. The molecule has 0 aromatic heterocycles. The second-order valence-corrected chi connectivity index (χ2v) is 7.98. The van der Waals surface area contributed by atoms with Crippen molar-refractivity contribution in [3.05, 3.63) is 29.8 Å². The second-order valence-electron chi connectivity index (χ2n) is 7.98. The van der Waals surface area contributed by atoms with Gasteiger partial charge in [-0.05, 0) is 30.5 Å². The first kappa shape index (κ1) is 18.3. The summed E-state index contributed by atoms with van der Waals surface area (Å²) in [6.45, 7) is 0. The minimum absolute atomic E-state index is 0.308. The Labute approximate surface area is 164 Å². The fraction of sp³-hybridized carbons (Fsp3) is 0.524. The van der Waals surface area contributed by atoms with E-state index in [4.69, 9.17) is 14.9 Å². The molecule has 1 aromatic carbocycles. The van der Waals surface area contributed by atoms with Crippen molar-refractivity contribution in [2.45, 2.75) is 37.6 Å². The first-order valence-electron chi connectivity index (χ1n) is 9.37. The predicted molar refractivity (Wildman–Crippen MR) is 99.8 cm³/mol. The Morgan fingerprint density at radius 1 is 1.07 bits per heavy atom. The van der Waals surface area contributed by atoms with Gasteiger partial charge in [0, 0.05) is 26.2 Å². The number of rotatable bonds is 2. The summed E-state index contributed by atoms with van der Waals surface area (Å²) < 4.78 is 12.2. The van der Waals surface area contributed by atoms with E-state index >= 15 is 0 Å². The quantitative estimate of drug-likeness (QED) is 0.848. The van der Waals surface area contributed by atoms with Crippen LogP contribution in [0.25, 0.3) is 0 Å². The van der Waals surface area contributed by atoms with Crippen LogP contribution in [-0.4, -0.2) is 25.8 Å². The third-order valence-electron chi connectivity index (χ3n) is 6.53. The van der Waals surface area contributed by atoms with Gasteiger partial charge in [-0.3, -0.25) is 5.41 Å². The fourth-order valence-electron chi connectivity index (χ4n) is 5.11. The highest BCUT2D eigenvalue weighted by Crippen LogP contribution is 2.69. The molecular weight excluding hydrogens is 354 g/mol. The van der Waals surface area contributed by atoms with E-state index in [0.717, 1.165) is 18.5 Å². The van der Waals surface area contributed by atoms with E-state index in [2.05, 4.69) is 18.2 Å². The zero-order valence-electron chi connectivity index (χ0n) is 15.9. The third-order valence-corrected chi connectivity index (χ3v) is 6.53. The smallest absolute Gasteiger partial charge is 0.217 e. The molecule has 7 nitrogen and oxygen atoms in total. The van der Waals surface area contributed by atoms with E-state index in [1.54, 1.807) is 0 Å². The van der Waals surface area contributed by atoms with Crippen molar-refractivity contribution >= 4 is 11.6 Å². The molecule has 1 aromatic rings. The number of nitriles is 3. The molecule has 4 rings (SSSR count). The third kappa shape index (κ3) is 1.96. The molecule has 1 aliphatic carbocycles. The van der Waals surface area contributed by atoms with Crippen LogP contribution >= 0.6 is 0 Å². The van der Waals surface area contributed by atoms with Gasteiger partial charge in [0.1, 0.15) is 6.10 Å². The van der Waals surface area contributed by atoms with Gasteiger partial charge in [-0.15, -0.1) is 0 Å². The topological polar surface area (TPSA) is 117 Å². The number of nitrogens with one attached hydrogen (secondary N) is 1. The lowest BCUT2D eigenvalue weighted by Gasteiger charge is -2.51. The van der Waals surface area contributed by atoms with Crippen LogP contribution in [0.2, 0.25) is 0 Å². The first-order chi connectivity index (χ1) is 13.4. The van der Waals surface area contributed by atoms with E-state index in [1.165, 1.54) is 0 Å². The van der Waals surface area contributed by atoms with Crippen molar-refractivity contribution in [2.75, 3.05) is 19.0 Å². The molecule has 3 fully saturated rings. The molecule has 7 heteroatoms. The molecule has 3 aliphatic rings. The first-order valence-corrected chi connectivity index (χ1v) is 9.37. The molecule has 0 radical (unpaired) electrons. The summed E-state index contributed by atoms with van der Waals surface area (Å²) in [4.78, 5) is 1.95. The molecule has 28 heavy (non-hydrogen) atoms. The van der Waals surface area contributed by atoms with E-state index in [0.29, 0.717) is 18.4 Å². The molecule has 1 N–H and O–H groups in total. The van der Waals surface area contributed by atoms with Gasteiger partial charge in [-0.1, -0.05) is 18.6 Å².